The fourth-order valence-electron chi connectivity index (χ4n) is 2.56. The highest BCUT2D eigenvalue weighted by molar-refractivity contribution is 9.10. The predicted molar refractivity (Wildman–Crippen MR) is 103 cm³/mol. The third kappa shape index (κ3) is 5.66. The van der Waals surface area contributed by atoms with Gasteiger partial charge < -0.3 is 18.6 Å². The number of ether oxygens (including phenoxy) is 3. The van der Waals surface area contributed by atoms with Gasteiger partial charge in [-0.15, -0.1) is 13.2 Å². The summed E-state index contributed by atoms with van der Waals surface area (Å²) in [4.78, 5) is 4.24. The molecule has 0 saturated carbocycles. The number of hydrogen-bond acceptors (Lipinski definition) is 5. The van der Waals surface area contributed by atoms with Crippen LogP contribution in [0.3, 0.4) is 0 Å². The summed E-state index contributed by atoms with van der Waals surface area (Å²) in [5.41, 5.74) is 1.49. The van der Waals surface area contributed by atoms with E-state index in [-0.39, 0.29) is 12.4 Å². The number of benzene rings is 2. The lowest BCUT2D eigenvalue weighted by Gasteiger charge is -2.09. The van der Waals surface area contributed by atoms with Crippen LogP contribution >= 0.6 is 15.9 Å². The lowest BCUT2D eigenvalue weighted by molar-refractivity contribution is -0.274. The SMILES string of the molecule is CCOc1ccc(OCc2nc(Br)c(-c3ccc(OC(F)(F)F)cc3)o2)cc1C. The summed E-state index contributed by atoms with van der Waals surface area (Å²) in [5, 5.41) is 0. The number of nitrogens with zero attached hydrogens (tertiary/aromatic N) is 1. The van der Waals surface area contributed by atoms with Crippen molar-refractivity contribution in [3.8, 4) is 28.6 Å². The maximum Gasteiger partial charge on any atom is 0.573 e. The van der Waals surface area contributed by atoms with E-state index in [1.165, 1.54) is 24.3 Å². The van der Waals surface area contributed by atoms with Gasteiger partial charge in [0.15, 0.2) is 17.0 Å². The molecule has 9 heteroatoms. The van der Waals surface area contributed by atoms with Gasteiger partial charge >= 0.3 is 6.36 Å². The van der Waals surface area contributed by atoms with Crippen molar-refractivity contribution >= 4 is 15.9 Å². The standard InChI is InChI=1S/C20H17BrF3NO4/c1-3-26-16-9-8-15(10-12(16)2)27-11-17-25-19(21)18(28-17)13-4-6-14(7-5-13)29-20(22,23)24/h4-10H,3,11H2,1-2H3. The van der Waals surface area contributed by atoms with Crippen LogP contribution in [0.4, 0.5) is 13.2 Å². The molecule has 0 radical (unpaired) electrons. The van der Waals surface area contributed by atoms with Gasteiger partial charge in [0, 0.05) is 5.56 Å². The summed E-state index contributed by atoms with van der Waals surface area (Å²) in [7, 11) is 0. The van der Waals surface area contributed by atoms with E-state index in [0.29, 0.717) is 34.2 Å². The second kappa shape index (κ2) is 8.77. The lowest BCUT2D eigenvalue weighted by Crippen LogP contribution is -2.16. The van der Waals surface area contributed by atoms with Gasteiger partial charge in [0.2, 0.25) is 5.89 Å². The topological polar surface area (TPSA) is 53.7 Å². The van der Waals surface area contributed by atoms with Crippen molar-refractivity contribution in [1.29, 1.82) is 0 Å². The van der Waals surface area contributed by atoms with Crippen molar-refractivity contribution in [1.82, 2.24) is 4.98 Å². The molecule has 0 atom stereocenters. The van der Waals surface area contributed by atoms with E-state index in [9.17, 15) is 13.2 Å². The molecule has 3 aromatic rings. The van der Waals surface area contributed by atoms with E-state index >= 15 is 0 Å². The highest BCUT2D eigenvalue weighted by Gasteiger charge is 2.31. The van der Waals surface area contributed by atoms with Crippen molar-refractivity contribution < 1.29 is 31.8 Å². The van der Waals surface area contributed by atoms with Gasteiger partial charge in [-0.25, -0.2) is 4.98 Å². The van der Waals surface area contributed by atoms with E-state index in [2.05, 4.69) is 25.7 Å². The van der Waals surface area contributed by atoms with Crippen LogP contribution in [-0.2, 0) is 6.61 Å². The van der Waals surface area contributed by atoms with Gasteiger partial charge in [0.05, 0.1) is 6.61 Å². The summed E-state index contributed by atoms with van der Waals surface area (Å²) in [6, 6.07) is 10.8. The molecule has 0 fully saturated rings. The molecule has 0 aliphatic heterocycles. The molecular formula is C20H17BrF3NO4. The van der Waals surface area contributed by atoms with E-state index in [4.69, 9.17) is 13.9 Å². The highest BCUT2D eigenvalue weighted by atomic mass is 79.9. The first-order valence-corrected chi connectivity index (χ1v) is 9.42. The smallest absolute Gasteiger partial charge is 0.494 e. The van der Waals surface area contributed by atoms with Gasteiger partial charge in [-0.3, -0.25) is 0 Å². The molecule has 2 aromatic carbocycles. The molecule has 0 aliphatic rings. The number of aryl methyl sites for hydroxylation is 1. The number of halogens is 4. The number of rotatable bonds is 7. The molecule has 3 rings (SSSR count). The van der Waals surface area contributed by atoms with Gasteiger partial charge in [-0.05, 0) is 77.8 Å². The largest absolute Gasteiger partial charge is 0.573 e. The first-order chi connectivity index (χ1) is 13.7. The Morgan fingerprint density at radius 3 is 2.34 bits per heavy atom. The van der Waals surface area contributed by atoms with Crippen LogP contribution in [-0.4, -0.2) is 18.0 Å². The summed E-state index contributed by atoms with van der Waals surface area (Å²) >= 11 is 3.30. The fourth-order valence-corrected chi connectivity index (χ4v) is 3.07. The van der Waals surface area contributed by atoms with Crippen LogP contribution in [0.25, 0.3) is 11.3 Å². The minimum atomic E-state index is -4.74. The Kier molecular flexibility index (Phi) is 6.36. The molecule has 29 heavy (non-hydrogen) atoms. The second-order valence-electron chi connectivity index (χ2n) is 5.95. The Morgan fingerprint density at radius 2 is 1.72 bits per heavy atom. The zero-order valence-corrected chi connectivity index (χ0v) is 17.1. The first-order valence-electron chi connectivity index (χ1n) is 8.63. The highest BCUT2D eigenvalue weighted by Crippen LogP contribution is 2.32. The Balaban J connectivity index is 1.68. The molecule has 0 unspecified atom stereocenters. The molecule has 0 spiro atoms. The quantitative estimate of drug-likeness (QED) is 0.405. The van der Waals surface area contributed by atoms with Gasteiger partial charge in [0.25, 0.3) is 0 Å². The molecule has 0 N–H and O–H groups in total. The zero-order chi connectivity index (χ0) is 21.0. The molecule has 0 saturated heterocycles. The van der Waals surface area contributed by atoms with Crippen molar-refractivity contribution in [3.05, 3.63) is 58.5 Å². The van der Waals surface area contributed by atoms with E-state index < -0.39 is 6.36 Å². The van der Waals surface area contributed by atoms with E-state index in [1.807, 2.05) is 26.0 Å². The summed E-state index contributed by atoms with van der Waals surface area (Å²) in [6.45, 7) is 4.50. The van der Waals surface area contributed by atoms with Crippen LogP contribution in [0.15, 0.2) is 51.5 Å². The Labute approximate surface area is 173 Å². The van der Waals surface area contributed by atoms with Gasteiger partial charge in [0.1, 0.15) is 17.2 Å². The normalized spacial score (nSPS) is 11.4. The molecular weight excluding hydrogens is 455 g/mol. The van der Waals surface area contributed by atoms with Crippen molar-refractivity contribution in [2.75, 3.05) is 6.61 Å². The average Bonchev–Trinajstić information content (AvgIpc) is 3.02. The molecule has 5 nitrogen and oxygen atoms in total. The minimum Gasteiger partial charge on any atom is -0.494 e. The Bertz CT molecular complexity index is 971. The zero-order valence-electron chi connectivity index (χ0n) is 15.5. The molecule has 0 aliphatic carbocycles. The number of hydrogen-bond donors (Lipinski definition) is 0. The third-order valence-electron chi connectivity index (χ3n) is 3.79. The van der Waals surface area contributed by atoms with Crippen molar-refractivity contribution in [3.63, 3.8) is 0 Å². The second-order valence-corrected chi connectivity index (χ2v) is 6.70. The monoisotopic (exact) mass is 471 g/mol. The summed E-state index contributed by atoms with van der Waals surface area (Å²) in [6.07, 6.45) is -4.74. The average molecular weight is 472 g/mol. The lowest BCUT2D eigenvalue weighted by atomic mass is 10.2. The van der Waals surface area contributed by atoms with Crippen molar-refractivity contribution in [2.45, 2.75) is 26.8 Å². The number of aromatic nitrogens is 1. The minimum absolute atomic E-state index is 0.0846. The van der Waals surface area contributed by atoms with Crippen molar-refractivity contribution in [2.24, 2.45) is 0 Å². The summed E-state index contributed by atoms with van der Waals surface area (Å²) < 4.78 is 58.0. The Hall–Kier alpha value is -2.68. The van der Waals surface area contributed by atoms with Crippen LogP contribution in [0.2, 0.25) is 0 Å². The fraction of sp³-hybridized carbons (Fsp3) is 0.250. The van der Waals surface area contributed by atoms with Crippen LogP contribution < -0.4 is 14.2 Å². The van der Waals surface area contributed by atoms with E-state index in [1.54, 1.807) is 6.07 Å². The van der Waals surface area contributed by atoms with Crippen LogP contribution in [0, 0.1) is 6.92 Å². The van der Waals surface area contributed by atoms with Gasteiger partial charge in [-0.2, -0.15) is 0 Å². The first kappa shape index (κ1) is 21.0. The van der Waals surface area contributed by atoms with Crippen LogP contribution in [0.5, 0.6) is 17.2 Å². The number of oxazole rings is 1. The maximum atomic E-state index is 12.3. The molecule has 0 bridgehead atoms. The predicted octanol–water partition coefficient (Wildman–Crippen LogP) is 6.29. The van der Waals surface area contributed by atoms with E-state index in [0.717, 1.165) is 11.3 Å². The van der Waals surface area contributed by atoms with Crippen LogP contribution in [0.1, 0.15) is 18.4 Å². The third-order valence-corrected chi connectivity index (χ3v) is 4.33. The molecule has 1 heterocycles. The summed E-state index contributed by atoms with van der Waals surface area (Å²) in [5.74, 6) is 1.81. The molecule has 154 valence electrons. The Morgan fingerprint density at radius 1 is 1.03 bits per heavy atom. The van der Waals surface area contributed by atoms with Gasteiger partial charge in [-0.1, -0.05) is 0 Å². The number of alkyl halides is 3. The molecule has 1 aromatic heterocycles. The molecule has 0 amide bonds. The maximum absolute atomic E-state index is 12.3.